The number of nitrogens with zero attached hydrogens (tertiary/aromatic N) is 1. The number of aromatic nitrogens is 1. The summed E-state index contributed by atoms with van der Waals surface area (Å²) in [4.78, 5) is 4.03. The molecule has 0 bridgehead atoms. The van der Waals surface area contributed by atoms with Gasteiger partial charge in [-0.15, -0.1) is 11.6 Å². The van der Waals surface area contributed by atoms with Crippen LogP contribution in [-0.4, -0.2) is 4.98 Å². The normalized spacial score (nSPS) is 10.1. The third kappa shape index (κ3) is 2.97. The summed E-state index contributed by atoms with van der Waals surface area (Å²) in [5.41, 5.74) is 2.11. The van der Waals surface area contributed by atoms with E-state index in [1.165, 1.54) is 0 Å². The van der Waals surface area contributed by atoms with Crippen molar-refractivity contribution in [1.29, 1.82) is 0 Å². The molecule has 2 aromatic rings. The van der Waals surface area contributed by atoms with Crippen LogP contribution in [0.5, 0.6) is 5.75 Å². The van der Waals surface area contributed by atoms with Crippen molar-refractivity contribution in [2.24, 2.45) is 0 Å². The van der Waals surface area contributed by atoms with E-state index in [-0.39, 0.29) is 0 Å². The first-order chi connectivity index (χ1) is 7.88. The minimum Gasteiger partial charge on any atom is -0.489 e. The Morgan fingerprint density at radius 2 is 2.00 bits per heavy atom. The molecule has 1 aromatic heterocycles. The molecule has 0 aliphatic rings. The maximum atomic E-state index is 5.75. The monoisotopic (exact) mass is 233 g/mol. The van der Waals surface area contributed by atoms with Crippen LogP contribution in [-0.2, 0) is 12.5 Å². The fourth-order valence-electron chi connectivity index (χ4n) is 1.37. The molecule has 0 amide bonds. The zero-order valence-electron chi connectivity index (χ0n) is 8.77. The van der Waals surface area contributed by atoms with E-state index in [0.717, 1.165) is 16.9 Å². The Hall–Kier alpha value is -1.54. The van der Waals surface area contributed by atoms with E-state index in [1.54, 1.807) is 12.4 Å². The van der Waals surface area contributed by atoms with Crippen molar-refractivity contribution in [1.82, 2.24) is 4.98 Å². The van der Waals surface area contributed by atoms with Gasteiger partial charge in [0.25, 0.3) is 0 Å². The molecule has 0 saturated heterocycles. The molecule has 1 heterocycles. The van der Waals surface area contributed by atoms with Gasteiger partial charge in [0.15, 0.2) is 0 Å². The number of benzene rings is 1. The largest absolute Gasteiger partial charge is 0.489 e. The van der Waals surface area contributed by atoms with Gasteiger partial charge >= 0.3 is 0 Å². The minimum absolute atomic E-state index is 0.504. The Balaban J connectivity index is 1.99. The van der Waals surface area contributed by atoms with Gasteiger partial charge in [-0.3, -0.25) is 4.98 Å². The molecular formula is C13H12ClNO. The first-order valence-corrected chi connectivity index (χ1v) is 5.58. The molecule has 3 heteroatoms. The van der Waals surface area contributed by atoms with Gasteiger partial charge in [0.2, 0.25) is 0 Å². The highest BCUT2D eigenvalue weighted by Crippen LogP contribution is 2.16. The fraction of sp³-hybridized carbons (Fsp3) is 0.154. The molecule has 0 spiro atoms. The van der Waals surface area contributed by atoms with E-state index >= 15 is 0 Å². The molecule has 0 aliphatic carbocycles. The molecule has 0 atom stereocenters. The summed E-state index contributed by atoms with van der Waals surface area (Å²) in [5, 5.41) is 0. The molecule has 2 rings (SSSR count). The summed E-state index contributed by atoms with van der Waals surface area (Å²) in [6, 6.07) is 11.7. The molecule has 0 aliphatic heterocycles. The number of ether oxygens (including phenoxy) is 1. The van der Waals surface area contributed by atoms with Crippen molar-refractivity contribution in [2.75, 3.05) is 0 Å². The van der Waals surface area contributed by atoms with Crippen LogP contribution in [0, 0.1) is 0 Å². The second-order valence-electron chi connectivity index (χ2n) is 3.43. The van der Waals surface area contributed by atoms with Crippen molar-refractivity contribution in [3.05, 3.63) is 59.9 Å². The molecule has 0 saturated carbocycles. The molecule has 2 nitrogen and oxygen atoms in total. The molecule has 0 fully saturated rings. The number of rotatable bonds is 4. The summed E-state index contributed by atoms with van der Waals surface area (Å²) in [5.74, 6) is 1.34. The Labute approximate surface area is 99.9 Å². The van der Waals surface area contributed by atoms with Crippen LogP contribution in [0.25, 0.3) is 0 Å². The highest BCUT2D eigenvalue weighted by atomic mass is 35.5. The van der Waals surface area contributed by atoms with Crippen molar-refractivity contribution in [2.45, 2.75) is 12.5 Å². The Bertz CT molecular complexity index is 445. The van der Waals surface area contributed by atoms with Crippen LogP contribution >= 0.6 is 11.6 Å². The lowest BCUT2D eigenvalue weighted by molar-refractivity contribution is 0.305. The molecule has 0 unspecified atom stereocenters. The minimum atomic E-state index is 0.504. The number of pyridine rings is 1. The SMILES string of the molecule is ClCc1cccc(OCc2cccnc2)c1. The summed E-state index contributed by atoms with van der Waals surface area (Å²) in [6.45, 7) is 0.527. The summed E-state index contributed by atoms with van der Waals surface area (Å²) < 4.78 is 5.64. The van der Waals surface area contributed by atoms with E-state index in [2.05, 4.69) is 4.98 Å². The predicted molar refractivity (Wildman–Crippen MR) is 64.6 cm³/mol. The number of hydrogen-bond acceptors (Lipinski definition) is 2. The summed E-state index contributed by atoms with van der Waals surface area (Å²) in [6.07, 6.45) is 3.54. The molecule has 0 radical (unpaired) electrons. The average Bonchev–Trinajstić information content (AvgIpc) is 2.38. The molecule has 16 heavy (non-hydrogen) atoms. The number of hydrogen-bond donors (Lipinski definition) is 0. The van der Waals surface area contributed by atoms with Crippen LogP contribution in [0.2, 0.25) is 0 Å². The third-order valence-electron chi connectivity index (χ3n) is 2.18. The second-order valence-corrected chi connectivity index (χ2v) is 3.70. The average molecular weight is 234 g/mol. The quantitative estimate of drug-likeness (QED) is 0.756. The smallest absolute Gasteiger partial charge is 0.120 e. The third-order valence-corrected chi connectivity index (χ3v) is 2.49. The second kappa shape index (κ2) is 5.52. The van der Waals surface area contributed by atoms with E-state index in [0.29, 0.717) is 12.5 Å². The molecular weight excluding hydrogens is 222 g/mol. The van der Waals surface area contributed by atoms with E-state index in [1.807, 2.05) is 36.4 Å². The first-order valence-electron chi connectivity index (χ1n) is 5.05. The molecule has 0 N–H and O–H groups in total. The van der Waals surface area contributed by atoms with Crippen molar-refractivity contribution in [3.63, 3.8) is 0 Å². The first kappa shape index (κ1) is 11.0. The van der Waals surface area contributed by atoms with Crippen LogP contribution in [0.3, 0.4) is 0 Å². The van der Waals surface area contributed by atoms with Gasteiger partial charge in [-0.25, -0.2) is 0 Å². The lowest BCUT2D eigenvalue weighted by atomic mass is 10.2. The number of alkyl halides is 1. The van der Waals surface area contributed by atoms with Crippen molar-refractivity contribution >= 4 is 11.6 Å². The summed E-state index contributed by atoms with van der Waals surface area (Å²) in [7, 11) is 0. The van der Waals surface area contributed by atoms with E-state index < -0.39 is 0 Å². The number of halogens is 1. The lowest BCUT2D eigenvalue weighted by Gasteiger charge is -2.06. The topological polar surface area (TPSA) is 22.1 Å². The van der Waals surface area contributed by atoms with Gasteiger partial charge in [-0.1, -0.05) is 18.2 Å². The van der Waals surface area contributed by atoms with Crippen molar-refractivity contribution in [3.8, 4) is 5.75 Å². The standard InChI is InChI=1S/C13H12ClNO/c14-8-11-3-1-5-13(7-11)16-10-12-4-2-6-15-9-12/h1-7,9H,8,10H2. The zero-order valence-corrected chi connectivity index (χ0v) is 9.52. The maximum Gasteiger partial charge on any atom is 0.120 e. The Morgan fingerprint density at radius 1 is 1.12 bits per heavy atom. The summed E-state index contributed by atoms with van der Waals surface area (Å²) >= 11 is 5.75. The van der Waals surface area contributed by atoms with Gasteiger partial charge < -0.3 is 4.74 Å². The van der Waals surface area contributed by atoms with Crippen LogP contribution in [0.4, 0.5) is 0 Å². The maximum absolute atomic E-state index is 5.75. The van der Waals surface area contributed by atoms with E-state index in [4.69, 9.17) is 16.3 Å². The fourth-order valence-corrected chi connectivity index (χ4v) is 1.53. The lowest BCUT2D eigenvalue weighted by Crippen LogP contribution is -1.95. The molecule has 1 aromatic carbocycles. The molecule has 82 valence electrons. The van der Waals surface area contributed by atoms with E-state index in [9.17, 15) is 0 Å². The van der Waals surface area contributed by atoms with Crippen LogP contribution in [0.1, 0.15) is 11.1 Å². The van der Waals surface area contributed by atoms with Gasteiger partial charge in [-0.2, -0.15) is 0 Å². The highest BCUT2D eigenvalue weighted by molar-refractivity contribution is 6.17. The van der Waals surface area contributed by atoms with Gasteiger partial charge in [0.05, 0.1) is 0 Å². The van der Waals surface area contributed by atoms with Crippen LogP contribution in [0.15, 0.2) is 48.8 Å². The Morgan fingerprint density at radius 3 is 2.75 bits per heavy atom. The van der Waals surface area contributed by atoms with Gasteiger partial charge in [-0.05, 0) is 23.8 Å². The zero-order chi connectivity index (χ0) is 11.2. The highest BCUT2D eigenvalue weighted by Gasteiger charge is 1.97. The van der Waals surface area contributed by atoms with Crippen LogP contribution < -0.4 is 4.74 Å². The van der Waals surface area contributed by atoms with Crippen molar-refractivity contribution < 1.29 is 4.74 Å². The predicted octanol–water partition coefficient (Wildman–Crippen LogP) is 3.40. The van der Waals surface area contributed by atoms with Gasteiger partial charge in [0.1, 0.15) is 12.4 Å². The van der Waals surface area contributed by atoms with Gasteiger partial charge in [0, 0.05) is 23.8 Å². The Kier molecular flexibility index (Phi) is 3.78.